The molecular weight excluding hydrogens is 498 g/mol. The van der Waals surface area contributed by atoms with Crippen LogP contribution in [0.3, 0.4) is 0 Å². The lowest BCUT2D eigenvalue weighted by Gasteiger charge is -2.61. The van der Waals surface area contributed by atoms with Crippen LogP contribution in [0.25, 0.3) is 6.20 Å². The number of primary amides is 1. The predicted molar refractivity (Wildman–Crippen MR) is 138 cm³/mol. The molecule has 12 heteroatoms. The highest BCUT2D eigenvalue weighted by Crippen LogP contribution is 2.59. The highest BCUT2D eigenvalue weighted by Gasteiger charge is 2.60. The van der Waals surface area contributed by atoms with Gasteiger partial charge in [0.25, 0.3) is 5.91 Å². The van der Waals surface area contributed by atoms with Gasteiger partial charge >= 0.3 is 6.09 Å². The first-order chi connectivity index (χ1) is 17.1. The van der Waals surface area contributed by atoms with E-state index in [0.717, 1.165) is 38.4 Å². The molecule has 2 atom stereocenters. The van der Waals surface area contributed by atoms with E-state index in [0.29, 0.717) is 30.4 Å². The second-order valence-corrected chi connectivity index (χ2v) is 14.0. The molecule has 0 radical (unpaired) electrons. The fraction of sp³-hybridized carbons (Fsp3) is 0.720. The highest BCUT2D eigenvalue weighted by molar-refractivity contribution is 7.88. The Bertz CT molecular complexity index is 1170. The van der Waals surface area contributed by atoms with Crippen LogP contribution >= 0.6 is 0 Å². The van der Waals surface area contributed by atoms with Crippen molar-refractivity contribution in [1.82, 2.24) is 19.8 Å². The standard InChI is InChI=1S/C25H39N5O6S/c1-16(2)14-35-21-19(13-27-30(21)7-6-23(3,4)29-37(5,33)34)20(31)28-24-9-17-8-18(10-24)12-25(11-17,15-24)36-22(26)32/h6-7,13,16-18,29H,8-12,14-15H2,1-5H3,(H2,26,32)(H,28,31)/b7-6+. The van der Waals surface area contributed by atoms with Gasteiger partial charge in [-0.25, -0.2) is 22.6 Å². The summed E-state index contributed by atoms with van der Waals surface area (Å²) in [6.45, 7) is 7.81. The van der Waals surface area contributed by atoms with Gasteiger partial charge in [-0.15, -0.1) is 0 Å². The Morgan fingerprint density at radius 2 is 1.92 bits per heavy atom. The van der Waals surface area contributed by atoms with Crippen molar-refractivity contribution in [3.05, 3.63) is 17.8 Å². The van der Waals surface area contributed by atoms with Crippen LogP contribution in [0.1, 0.15) is 76.6 Å². The molecule has 1 aromatic heterocycles. The second kappa shape index (κ2) is 9.61. The number of carbonyl (C=O) groups is 2. The molecule has 37 heavy (non-hydrogen) atoms. The third-order valence-corrected chi connectivity index (χ3v) is 8.23. The molecule has 2 amide bonds. The average molecular weight is 538 g/mol. The van der Waals surface area contributed by atoms with E-state index in [4.69, 9.17) is 15.2 Å². The van der Waals surface area contributed by atoms with Gasteiger partial charge in [0, 0.05) is 23.7 Å². The molecule has 1 aromatic rings. The summed E-state index contributed by atoms with van der Waals surface area (Å²) in [6.07, 6.45) is 9.88. The zero-order chi connectivity index (χ0) is 27.2. The van der Waals surface area contributed by atoms with Crippen LogP contribution in [0.4, 0.5) is 4.79 Å². The maximum atomic E-state index is 13.6. The van der Waals surface area contributed by atoms with E-state index in [1.165, 1.54) is 10.9 Å². The summed E-state index contributed by atoms with van der Waals surface area (Å²) in [5, 5.41) is 7.61. The predicted octanol–water partition coefficient (Wildman–Crippen LogP) is 2.63. The number of sulfonamides is 1. The Kier molecular flexibility index (Phi) is 7.13. The maximum Gasteiger partial charge on any atom is 0.405 e. The van der Waals surface area contributed by atoms with Crippen LogP contribution in [-0.4, -0.2) is 59.7 Å². The Balaban J connectivity index is 1.58. The number of carbonyl (C=O) groups excluding carboxylic acids is 2. The monoisotopic (exact) mass is 537 g/mol. The van der Waals surface area contributed by atoms with Crippen LogP contribution in [0.5, 0.6) is 5.88 Å². The Hall–Kier alpha value is -2.60. The molecule has 11 nitrogen and oxygen atoms in total. The molecule has 0 aliphatic heterocycles. The third kappa shape index (κ3) is 6.46. The van der Waals surface area contributed by atoms with E-state index in [1.807, 2.05) is 13.8 Å². The molecule has 0 saturated heterocycles. The van der Waals surface area contributed by atoms with Crippen LogP contribution < -0.4 is 20.5 Å². The molecule has 4 N–H and O–H groups in total. The zero-order valence-corrected chi connectivity index (χ0v) is 23.1. The van der Waals surface area contributed by atoms with Gasteiger partial charge in [-0.05, 0) is 69.8 Å². The SMILES string of the molecule is CC(C)COc1c(C(=O)NC23CC4CC(C2)CC(OC(N)=O)(C4)C3)cnn1/C=C/C(C)(C)NS(C)(=O)=O. The number of hydrogen-bond acceptors (Lipinski definition) is 7. The largest absolute Gasteiger partial charge is 0.477 e. The molecule has 2 unspecified atom stereocenters. The topological polar surface area (TPSA) is 155 Å². The smallest absolute Gasteiger partial charge is 0.405 e. The Morgan fingerprint density at radius 1 is 1.27 bits per heavy atom. The molecular formula is C25H39N5O6S. The van der Waals surface area contributed by atoms with Gasteiger partial charge in [-0.3, -0.25) is 4.79 Å². The van der Waals surface area contributed by atoms with E-state index in [2.05, 4.69) is 15.1 Å². The quantitative estimate of drug-likeness (QED) is 0.414. The number of nitrogens with zero attached hydrogens (tertiary/aromatic N) is 2. The van der Waals surface area contributed by atoms with Crippen LogP contribution in [0.2, 0.25) is 0 Å². The number of rotatable bonds is 10. The average Bonchev–Trinajstić information content (AvgIpc) is 3.09. The van der Waals surface area contributed by atoms with Gasteiger partial charge in [0.05, 0.1) is 19.1 Å². The van der Waals surface area contributed by atoms with E-state index in [1.54, 1.807) is 26.1 Å². The minimum Gasteiger partial charge on any atom is -0.477 e. The van der Waals surface area contributed by atoms with Crippen LogP contribution in [0, 0.1) is 17.8 Å². The van der Waals surface area contributed by atoms with Gasteiger partial charge in [0.2, 0.25) is 15.9 Å². The van der Waals surface area contributed by atoms with Gasteiger partial charge in [-0.1, -0.05) is 13.8 Å². The molecule has 0 spiro atoms. The van der Waals surface area contributed by atoms with Crippen molar-refractivity contribution in [3.63, 3.8) is 0 Å². The Labute approximate surface area is 218 Å². The maximum absolute atomic E-state index is 13.6. The van der Waals surface area contributed by atoms with Crippen molar-refractivity contribution in [2.75, 3.05) is 12.9 Å². The normalized spacial score (nSPS) is 29.1. The summed E-state index contributed by atoms with van der Waals surface area (Å²) in [5.74, 6) is 0.926. The first kappa shape index (κ1) is 27.4. The van der Waals surface area contributed by atoms with Crippen molar-refractivity contribution in [3.8, 4) is 5.88 Å². The van der Waals surface area contributed by atoms with Gasteiger partial charge in [-0.2, -0.15) is 5.10 Å². The van der Waals surface area contributed by atoms with Gasteiger partial charge in [0.1, 0.15) is 11.2 Å². The number of nitrogens with one attached hydrogen (secondary N) is 2. The lowest BCUT2D eigenvalue weighted by Crippen LogP contribution is -2.66. The van der Waals surface area contributed by atoms with E-state index in [-0.39, 0.29) is 17.7 Å². The number of ether oxygens (including phenoxy) is 2. The molecule has 4 bridgehead atoms. The van der Waals surface area contributed by atoms with E-state index >= 15 is 0 Å². The van der Waals surface area contributed by atoms with Crippen molar-refractivity contribution < 1.29 is 27.5 Å². The van der Waals surface area contributed by atoms with Crippen molar-refractivity contribution >= 4 is 28.2 Å². The summed E-state index contributed by atoms with van der Waals surface area (Å²) in [5.41, 5.74) is 3.71. The summed E-state index contributed by atoms with van der Waals surface area (Å²) >= 11 is 0. The number of nitrogens with two attached hydrogens (primary N) is 1. The summed E-state index contributed by atoms with van der Waals surface area (Å²) in [7, 11) is -3.43. The highest BCUT2D eigenvalue weighted by atomic mass is 32.2. The Morgan fingerprint density at radius 3 is 2.49 bits per heavy atom. The van der Waals surface area contributed by atoms with Crippen molar-refractivity contribution in [2.24, 2.45) is 23.5 Å². The van der Waals surface area contributed by atoms with Gasteiger partial charge < -0.3 is 20.5 Å². The van der Waals surface area contributed by atoms with E-state index in [9.17, 15) is 18.0 Å². The number of hydrogen-bond donors (Lipinski definition) is 3. The fourth-order valence-electron chi connectivity index (χ4n) is 6.74. The first-order valence-electron chi connectivity index (χ1n) is 12.8. The minimum atomic E-state index is -3.43. The lowest BCUT2D eigenvalue weighted by atomic mass is 9.51. The van der Waals surface area contributed by atoms with Crippen molar-refractivity contribution in [1.29, 1.82) is 0 Å². The first-order valence-corrected chi connectivity index (χ1v) is 14.7. The number of amides is 2. The molecule has 5 rings (SSSR count). The van der Waals surface area contributed by atoms with Crippen molar-refractivity contribution in [2.45, 2.75) is 82.9 Å². The third-order valence-electron chi connectivity index (χ3n) is 7.33. The summed E-state index contributed by atoms with van der Waals surface area (Å²) < 4.78 is 39.0. The summed E-state index contributed by atoms with van der Waals surface area (Å²) in [4.78, 5) is 25.3. The zero-order valence-electron chi connectivity index (χ0n) is 22.2. The molecule has 4 aliphatic carbocycles. The molecule has 4 aliphatic rings. The molecule has 1 heterocycles. The fourth-order valence-corrected chi connectivity index (χ4v) is 7.76. The number of aromatic nitrogens is 2. The second-order valence-electron chi connectivity index (χ2n) is 12.2. The molecule has 0 aromatic carbocycles. The molecule has 4 fully saturated rings. The lowest BCUT2D eigenvalue weighted by molar-refractivity contribution is -0.139. The van der Waals surface area contributed by atoms with E-state index < -0.39 is 32.8 Å². The van der Waals surface area contributed by atoms with Crippen LogP contribution in [0.15, 0.2) is 12.3 Å². The molecule has 4 saturated carbocycles. The van der Waals surface area contributed by atoms with Gasteiger partial charge in [0.15, 0.2) is 0 Å². The van der Waals surface area contributed by atoms with Crippen LogP contribution in [-0.2, 0) is 14.8 Å². The summed E-state index contributed by atoms with van der Waals surface area (Å²) in [6, 6.07) is 0. The molecule has 206 valence electrons. The minimum absolute atomic E-state index is 0.209.